The predicted molar refractivity (Wildman–Crippen MR) is 60.7 cm³/mol. The number of ketones is 1. The topological polar surface area (TPSA) is 37.3 Å². The molecule has 0 radical (unpaired) electrons. The molecule has 0 aliphatic heterocycles. The first-order chi connectivity index (χ1) is 7.24. The van der Waals surface area contributed by atoms with Crippen molar-refractivity contribution in [2.75, 3.05) is 0 Å². The van der Waals surface area contributed by atoms with E-state index in [1.54, 1.807) is 0 Å². The van der Waals surface area contributed by atoms with Gasteiger partial charge in [0.25, 0.3) is 0 Å². The van der Waals surface area contributed by atoms with Gasteiger partial charge in [0, 0.05) is 6.42 Å². The molecule has 0 saturated carbocycles. The molecule has 0 fully saturated rings. The van der Waals surface area contributed by atoms with Gasteiger partial charge in [0.05, 0.1) is 0 Å². The highest BCUT2D eigenvalue weighted by Gasteiger charge is 2.14. The Hall–Kier alpha value is -1.15. The molecule has 0 amide bonds. The van der Waals surface area contributed by atoms with Crippen molar-refractivity contribution in [2.45, 2.75) is 38.7 Å². The first-order valence-electron chi connectivity index (χ1n) is 5.48. The number of unbranched alkanes of at least 4 members (excludes halogenated alkanes) is 1. The second kappa shape index (κ2) is 6.36. The normalized spacial score (nSPS) is 12.4. The number of aliphatic hydroxyl groups excluding tert-OH is 1. The third kappa shape index (κ3) is 4.26. The van der Waals surface area contributed by atoms with Gasteiger partial charge in [-0.1, -0.05) is 50.1 Å². The number of carbonyl (C=O) groups excluding carboxylic acids is 1. The van der Waals surface area contributed by atoms with E-state index in [1.807, 2.05) is 37.3 Å². The molecule has 1 atom stereocenters. The van der Waals surface area contributed by atoms with Gasteiger partial charge < -0.3 is 5.11 Å². The lowest BCUT2D eigenvalue weighted by molar-refractivity contribution is -0.126. The van der Waals surface area contributed by atoms with E-state index < -0.39 is 6.10 Å². The molecule has 2 heteroatoms. The van der Waals surface area contributed by atoms with E-state index >= 15 is 0 Å². The van der Waals surface area contributed by atoms with Gasteiger partial charge in [0.15, 0.2) is 5.78 Å². The summed E-state index contributed by atoms with van der Waals surface area (Å²) in [6.07, 6.45) is 2.05. The Balaban J connectivity index is 2.42. The maximum Gasteiger partial charge on any atom is 0.165 e. The number of carbonyl (C=O) groups is 1. The fourth-order valence-electron chi connectivity index (χ4n) is 1.47. The Morgan fingerprint density at radius 3 is 2.60 bits per heavy atom. The molecule has 0 aliphatic carbocycles. The summed E-state index contributed by atoms with van der Waals surface area (Å²) >= 11 is 0. The van der Waals surface area contributed by atoms with Crippen molar-refractivity contribution in [2.24, 2.45) is 0 Å². The minimum atomic E-state index is -0.787. The minimum absolute atomic E-state index is 0.0744. The molecular formula is C13H18O2. The number of Topliss-reactive ketones (excluding diaryl/α,β-unsaturated/α-hetero) is 1. The fraction of sp³-hybridized carbons (Fsp3) is 0.462. The van der Waals surface area contributed by atoms with Crippen molar-refractivity contribution >= 4 is 5.78 Å². The Bertz CT molecular complexity index is 293. The lowest BCUT2D eigenvalue weighted by Crippen LogP contribution is -2.22. The van der Waals surface area contributed by atoms with Crippen molar-refractivity contribution in [1.29, 1.82) is 0 Å². The zero-order valence-electron chi connectivity index (χ0n) is 9.15. The van der Waals surface area contributed by atoms with Crippen LogP contribution in [0.25, 0.3) is 0 Å². The molecule has 0 unspecified atom stereocenters. The number of benzene rings is 1. The van der Waals surface area contributed by atoms with Crippen molar-refractivity contribution < 1.29 is 9.90 Å². The summed E-state index contributed by atoms with van der Waals surface area (Å²) in [6.45, 7) is 2.05. The molecule has 0 heterocycles. The molecule has 0 aromatic heterocycles. The summed E-state index contributed by atoms with van der Waals surface area (Å²) in [4.78, 5) is 11.6. The molecule has 1 aromatic rings. The zero-order chi connectivity index (χ0) is 11.1. The van der Waals surface area contributed by atoms with Crippen LogP contribution in [0.1, 0.15) is 31.7 Å². The zero-order valence-corrected chi connectivity index (χ0v) is 9.15. The van der Waals surface area contributed by atoms with Gasteiger partial charge >= 0.3 is 0 Å². The molecule has 1 aromatic carbocycles. The molecule has 0 aliphatic rings. The summed E-state index contributed by atoms with van der Waals surface area (Å²) in [5.41, 5.74) is 0.970. The highest BCUT2D eigenvalue weighted by atomic mass is 16.3. The van der Waals surface area contributed by atoms with E-state index in [0.717, 1.165) is 18.4 Å². The van der Waals surface area contributed by atoms with E-state index in [2.05, 4.69) is 0 Å². The average molecular weight is 206 g/mol. The van der Waals surface area contributed by atoms with Crippen LogP contribution >= 0.6 is 0 Å². The molecule has 0 saturated heterocycles. The summed E-state index contributed by atoms with van der Waals surface area (Å²) in [5.74, 6) is -0.0744. The number of hydrogen-bond donors (Lipinski definition) is 1. The van der Waals surface area contributed by atoms with Crippen molar-refractivity contribution in [3.8, 4) is 0 Å². The van der Waals surface area contributed by atoms with Crippen LogP contribution in [-0.2, 0) is 11.2 Å². The quantitative estimate of drug-likeness (QED) is 0.775. The third-order valence-electron chi connectivity index (χ3n) is 2.42. The van der Waals surface area contributed by atoms with Crippen molar-refractivity contribution in [3.63, 3.8) is 0 Å². The Morgan fingerprint density at radius 2 is 2.00 bits per heavy atom. The lowest BCUT2D eigenvalue weighted by atomic mass is 10.0. The first-order valence-corrected chi connectivity index (χ1v) is 5.48. The first kappa shape index (κ1) is 11.9. The van der Waals surface area contributed by atoms with Gasteiger partial charge in [-0.2, -0.15) is 0 Å². The lowest BCUT2D eigenvalue weighted by Gasteiger charge is -2.08. The monoisotopic (exact) mass is 206 g/mol. The van der Waals surface area contributed by atoms with Crippen LogP contribution in [0.2, 0.25) is 0 Å². The molecule has 0 spiro atoms. The maximum absolute atomic E-state index is 11.6. The second-order valence-corrected chi connectivity index (χ2v) is 3.79. The van der Waals surface area contributed by atoms with E-state index in [0.29, 0.717) is 12.8 Å². The SMILES string of the molecule is CCCC[C@H](O)C(=O)Cc1ccccc1. The van der Waals surface area contributed by atoms with Crippen LogP contribution < -0.4 is 0 Å². The molecule has 1 N–H and O–H groups in total. The van der Waals surface area contributed by atoms with E-state index in [1.165, 1.54) is 0 Å². The van der Waals surface area contributed by atoms with Crippen LogP contribution in [-0.4, -0.2) is 17.0 Å². The molecule has 82 valence electrons. The molecule has 2 nitrogen and oxygen atoms in total. The van der Waals surface area contributed by atoms with E-state index in [4.69, 9.17) is 0 Å². The predicted octanol–water partition coefficient (Wildman–Crippen LogP) is 2.35. The number of rotatable bonds is 6. The van der Waals surface area contributed by atoms with Crippen LogP contribution in [0.15, 0.2) is 30.3 Å². The molecule has 0 bridgehead atoms. The third-order valence-corrected chi connectivity index (χ3v) is 2.42. The summed E-state index contributed by atoms with van der Waals surface area (Å²) in [7, 11) is 0. The molecule has 15 heavy (non-hydrogen) atoms. The summed E-state index contributed by atoms with van der Waals surface area (Å²) in [6, 6.07) is 9.54. The van der Waals surface area contributed by atoms with Crippen LogP contribution in [0.4, 0.5) is 0 Å². The smallest absolute Gasteiger partial charge is 0.165 e. The van der Waals surface area contributed by atoms with Gasteiger partial charge in [0.1, 0.15) is 6.10 Å². The fourth-order valence-corrected chi connectivity index (χ4v) is 1.47. The van der Waals surface area contributed by atoms with Gasteiger partial charge in [-0.15, -0.1) is 0 Å². The maximum atomic E-state index is 11.6. The van der Waals surface area contributed by atoms with Crippen LogP contribution in [0.3, 0.4) is 0 Å². The molecular weight excluding hydrogens is 188 g/mol. The van der Waals surface area contributed by atoms with Gasteiger partial charge in [0.2, 0.25) is 0 Å². The largest absolute Gasteiger partial charge is 0.385 e. The van der Waals surface area contributed by atoms with Gasteiger partial charge in [-0.05, 0) is 12.0 Å². The van der Waals surface area contributed by atoms with E-state index in [-0.39, 0.29) is 5.78 Å². The number of hydrogen-bond acceptors (Lipinski definition) is 2. The van der Waals surface area contributed by atoms with Crippen LogP contribution in [0.5, 0.6) is 0 Å². The van der Waals surface area contributed by atoms with Gasteiger partial charge in [-0.3, -0.25) is 4.79 Å². The van der Waals surface area contributed by atoms with Gasteiger partial charge in [-0.25, -0.2) is 0 Å². The Labute approximate surface area is 90.9 Å². The highest BCUT2D eigenvalue weighted by molar-refractivity contribution is 5.84. The standard InChI is InChI=1S/C13H18O2/c1-2-3-9-12(14)13(15)10-11-7-5-4-6-8-11/h4-8,12,14H,2-3,9-10H2,1H3/t12-/m0/s1. The second-order valence-electron chi connectivity index (χ2n) is 3.79. The van der Waals surface area contributed by atoms with Crippen molar-refractivity contribution in [3.05, 3.63) is 35.9 Å². The van der Waals surface area contributed by atoms with Crippen molar-refractivity contribution in [1.82, 2.24) is 0 Å². The molecule has 1 rings (SSSR count). The number of aliphatic hydroxyl groups is 1. The van der Waals surface area contributed by atoms with Crippen LogP contribution in [0, 0.1) is 0 Å². The Kier molecular flexibility index (Phi) is 5.05. The summed E-state index contributed by atoms with van der Waals surface area (Å²) < 4.78 is 0. The highest BCUT2D eigenvalue weighted by Crippen LogP contribution is 2.06. The minimum Gasteiger partial charge on any atom is -0.385 e. The average Bonchev–Trinajstić information content (AvgIpc) is 2.27. The van der Waals surface area contributed by atoms with E-state index in [9.17, 15) is 9.90 Å². The Morgan fingerprint density at radius 1 is 1.33 bits per heavy atom. The summed E-state index contributed by atoms with van der Waals surface area (Å²) in [5, 5.41) is 9.56.